The van der Waals surface area contributed by atoms with Crippen molar-refractivity contribution in [3.05, 3.63) is 11.1 Å². The van der Waals surface area contributed by atoms with Crippen molar-refractivity contribution in [1.82, 2.24) is 0 Å². The molecule has 1 nitrogen and oxygen atoms in total. The number of Topliss-reactive ketones (excluding diaryl/α,β-unsaturated/α-hetero) is 1. The number of allylic oxidation sites excluding steroid dienone is 2. The van der Waals surface area contributed by atoms with Crippen molar-refractivity contribution < 1.29 is 4.79 Å². The number of carbonyl (C=O) groups excluding carboxylic acids is 1. The van der Waals surface area contributed by atoms with Gasteiger partial charge in [0.15, 0.2) is 0 Å². The number of fused-ring (bicyclic) bond motifs is 2. The molecule has 14 heavy (non-hydrogen) atoms. The van der Waals surface area contributed by atoms with Crippen LogP contribution in [0.4, 0.5) is 0 Å². The topological polar surface area (TPSA) is 17.1 Å². The molecule has 2 atom stereocenters. The van der Waals surface area contributed by atoms with Gasteiger partial charge in [-0.3, -0.25) is 4.79 Å². The third-order valence-corrected chi connectivity index (χ3v) is 4.55. The fraction of sp³-hybridized carbons (Fsp3) is 0.769. The second kappa shape index (κ2) is 2.50. The van der Waals surface area contributed by atoms with Crippen LogP contribution in [0, 0.1) is 17.3 Å². The third-order valence-electron chi connectivity index (χ3n) is 4.55. The highest BCUT2D eigenvalue weighted by Crippen LogP contribution is 2.58. The Balaban J connectivity index is 1.99. The van der Waals surface area contributed by atoms with Crippen LogP contribution in [0.25, 0.3) is 0 Å². The number of carbonyl (C=O) groups is 1. The molecule has 3 aliphatic carbocycles. The average Bonchev–Trinajstić information content (AvgIpc) is 2.40. The minimum absolute atomic E-state index is 0.397. The summed E-state index contributed by atoms with van der Waals surface area (Å²) in [7, 11) is 0. The predicted molar refractivity (Wildman–Crippen MR) is 55.9 cm³/mol. The largest absolute Gasteiger partial charge is 0.299 e. The molecule has 0 aromatic rings. The van der Waals surface area contributed by atoms with Gasteiger partial charge in [-0.2, -0.15) is 0 Å². The lowest BCUT2D eigenvalue weighted by molar-refractivity contribution is -0.132. The van der Waals surface area contributed by atoms with E-state index >= 15 is 0 Å². The van der Waals surface area contributed by atoms with Gasteiger partial charge in [0.05, 0.1) is 0 Å². The molecule has 0 aromatic carbocycles. The summed E-state index contributed by atoms with van der Waals surface area (Å²) in [4.78, 5) is 11.4. The molecule has 1 saturated carbocycles. The quantitative estimate of drug-likeness (QED) is 0.536. The highest BCUT2D eigenvalue weighted by molar-refractivity contribution is 5.90. The summed E-state index contributed by atoms with van der Waals surface area (Å²) in [6.45, 7) is 4.74. The van der Waals surface area contributed by atoms with Crippen molar-refractivity contribution in [3.63, 3.8) is 0 Å². The van der Waals surface area contributed by atoms with Crippen LogP contribution in [0.2, 0.25) is 0 Å². The maximum absolute atomic E-state index is 11.4. The minimum atomic E-state index is 0.397. The number of ketones is 1. The molecular formula is C13H18O. The zero-order valence-corrected chi connectivity index (χ0v) is 9.10. The number of rotatable bonds is 0. The Morgan fingerprint density at radius 1 is 1.21 bits per heavy atom. The van der Waals surface area contributed by atoms with E-state index in [1.54, 1.807) is 11.1 Å². The standard InChI is InChI=1S/C13H18O/c1-13(2)5-3-4-8-6-9-10(12(8)13)7-11(9)14/h9-10H,3-7H2,1-2H3. The van der Waals surface area contributed by atoms with Crippen LogP contribution in [0.15, 0.2) is 11.1 Å². The Morgan fingerprint density at radius 3 is 2.71 bits per heavy atom. The Labute approximate surface area is 85.6 Å². The summed E-state index contributed by atoms with van der Waals surface area (Å²) in [5.41, 5.74) is 3.74. The lowest BCUT2D eigenvalue weighted by Crippen LogP contribution is -2.37. The van der Waals surface area contributed by atoms with E-state index in [4.69, 9.17) is 0 Å². The number of hydrogen-bond acceptors (Lipinski definition) is 1. The van der Waals surface area contributed by atoms with Crippen LogP contribution in [-0.2, 0) is 4.79 Å². The first-order chi connectivity index (χ1) is 6.59. The lowest BCUT2D eigenvalue weighted by atomic mass is 9.64. The van der Waals surface area contributed by atoms with Gasteiger partial charge >= 0.3 is 0 Å². The molecule has 0 amide bonds. The first-order valence-corrected chi connectivity index (χ1v) is 5.85. The molecule has 0 heterocycles. The fourth-order valence-corrected chi connectivity index (χ4v) is 3.87. The van der Waals surface area contributed by atoms with Gasteiger partial charge in [0.2, 0.25) is 0 Å². The molecule has 3 rings (SSSR count). The van der Waals surface area contributed by atoms with Crippen molar-refractivity contribution >= 4 is 5.78 Å². The highest BCUT2D eigenvalue weighted by Gasteiger charge is 2.51. The maximum Gasteiger partial charge on any atom is 0.137 e. The Kier molecular flexibility index (Phi) is 1.55. The van der Waals surface area contributed by atoms with E-state index < -0.39 is 0 Å². The summed E-state index contributed by atoms with van der Waals surface area (Å²) >= 11 is 0. The summed E-state index contributed by atoms with van der Waals surface area (Å²) in [6.07, 6.45) is 5.90. The van der Waals surface area contributed by atoms with Gasteiger partial charge in [-0.15, -0.1) is 0 Å². The van der Waals surface area contributed by atoms with Gasteiger partial charge in [0, 0.05) is 12.3 Å². The van der Waals surface area contributed by atoms with Crippen molar-refractivity contribution in [3.8, 4) is 0 Å². The highest BCUT2D eigenvalue weighted by atomic mass is 16.1. The van der Waals surface area contributed by atoms with Crippen LogP contribution in [-0.4, -0.2) is 5.78 Å². The van der Waals surface area contributed by atoms with Gasteiger partial charge in [-0.25, -0.2) is 0 Å². The molecule has 0 aliphatic heterocycles. The zero-order valence-electron chi connectivity index (χ0n) is 9.10. The van der Waals surface area contributed by atoms with E-state index in [9.17, 15) is 4.79 Å². The number of hydrogen-bond donors (Lipinski definition) is 0. The first-order valence-electron chi connectivity index (χ1n) is 5.85. The van der Waals surface area contributed by atoms with E-state index in [0.29, 0.717) is 23.0 Å². The smallest absolute Gasteiger partial charge is 0.137 e. The molecule has 1 fully saturated rings. The summed E-state index contributed by atoms with van der Waals surface area (Å²) in [5.74, 6) is 1.60. The normalized spacial score (nSPS) is 39.1. The molecule has 0 saturated heterocycles. The summed E-state index contributed by atoms with van der Waals surface area (Å²) in [6, 6.07) is 0. The van der Waals surface area contributed by atoms with Gasteiger partial charge in [0.25, 0.3) is 0 Å². The van der Waals surface area contributed by atoms with E-state index in [1.165, 1.54) is 19.3 Å². The SMILES string of the molecule is CC1(C)CCCC2=C1C1CC(=O)C1C2. The third kappa shape index (κ3) is 0.933. The van der Waals surface area contributed by atoms with Crippen LogP contribution < -0.4 is 0 Å². The maximum atomic E-state index is 11.4. The van der Waals surface area contributed by atoms with Crippen molar-refractivity contribution in [2.24, 2.45) is 17.3 Å². The Hall–Kier alpha value is -0.590. The van der Waals surface area contributed by atoms with Crippen molar-refractivity contribution in [2.75, 3.05) is 0 Å². The minimum Gasteiger partial charge on any atom is -0.299 e. The van der Waals surface area contributed by atoms with E-state index in [2.05, 4.69) is 13.8 Å². The van der Waals surface area contributed by atoms with E-state index in [0.717, 1.165) is 12.8 Å². The molecule has 0 spiro atoms. The predicted octanol–water partition coefficient (Wildman–Crippen LogP) is 3.10. The second-order valence-corrected chi connectivity index (χ2v) is 5.84. The van der Waals surface area contributed by atoms with Crippen LogP contribution >= 0.6 is 0 Å². The molecule has 0 aromatic heterocycles. The molecule has 0 N–H and O–H groups in total. The van der Waals surface area contributed by atoms with E-state index in [-0.39, 0.29) is 0 Å². The Morgan fingerprint density at radius 2 is 2.00 bits per heavy atom. The van der Waals surface area contributed by atoms with Crippen LogP contribution in [0.5, 0.6) is 0 Å². The molecule has 1 heteroatoms. The summed E-state index contributed by atoms with van der Waals surface area (Å²) < 4.78 is 0. The zero-order chi connectivity index (χ0) is 9.92. The molecule has 0 bridgehead atoms. The van der Waals surface area contributed by atoms with Crippen LogP contribution in [0.1, 0.15) is 46.0 Å². The molecule has 2 unspecified atom stereocenters. The van der Waals surface area contributed by atoms with Gasteiger partial charge < -0.3 is 0 Å². The first kappa shape index (κ1) is 8.70. The summed E-state index contributed by atoms with van der Waals surface area (Å²) in [5, 5.41) is 0. The molecular weight excluding hydrogens is 172 g/mol. The lowest BCUT2D eigenvalue weighted by Gasteiger charge is -2.39. The van der Waals surface area contributed by atoms with Crippen molar-refractivity contribution in [2.45, 2.75) is 46.0 Å². The Bertz CT molecular complexity index is 335. The molecule has 3 aliphatic rings. The monoisotopic (exact) mass is 190 g/mol. The van der Waals surface area contributed by atoms with Gasteiger partial charge in [-0.1, -0.05) is 25.0 Å². The van der Waals surface area contributed by atoms with Crippen molar-refractivity contribution in [1.29, 1.82) is 0 Å². The average molecular weight is 190 g/mol. The second-order valence-electron chi connectivity index (χ2n) is 5.84. The molecule has 76 valence electrons. The van der Waals surface area contributed by atoms with Gasteiger partial charge in [-0.05, 0) is 37.0 Å². The van der Waals surface area contributed by atoms with Gasteiger partial charge in [0.1, 0.15) is 5.78 Å². The van der Waals surface area contributed by atoms with E-state index in [1.807, 2.05) is 0 Å². The fourth-order valence-electron chi connectivity index (χ4n) is 3.87. The molecule has 0 radical (unpaired) electrons. The van der Waals surface area contributed by atoms with Crippen LogP contribution in [0.3, 0.4) is 0 Å².